The summed E-state index contributed by atoms with van der Waals surface area (Å²) in [6, 6.07) is 36.1. The van der Waals surface area contributed by atoms with Gasteiger partial charge >= 0.3 is 0 Å². The number of amides is 3. The molecule has 1 unspecified atom stereocenters. The van der Waals surface area contributed by atoms with Crippen LogP contribution in [0.15, 0.2) is 138 Å². The van der Waals surface area contributed by atoms with E-state index in [4.69, 9.17) is 16.3 Å². The molecule has 3 amide bonds. The Kier molecular flexibility index (Phi) is 11.6. The molecule has 0 saturated carbocycles. The predicted octanol–water partition coefficient (Wildman–Crippen LogP) is 8.76. The fourth-order valence-corrected chi connectivity index (χ4v) is 5.77. The lowest BCUT2D eigenvalue weighted by Gasteiger charge is -2.18. The predicted molar refractivity (Wildman–Crippen MR) is 190 cm³/mol. The zero-order chi connectivity index (χ0) is 33.9. The summed E-state index contributed by atoms with van der Waals surface area (Å²) in [5.41, 5.74) is 2.77. The van der Waals surface area contributed by atoms with Crippen LogP contribution in [0, 0.1) is 5.82 Å². The molecule has 0 saturated heterocycles. The second-order valence-electron chi connectivity index (χ2n) is 10.4. The first-order valence-corrected chi connectivity index (χ1v) is 16.2. The molecule has 5 rings (SSSR count). The molecule has 1 atom stereocenters. The summed E-state index contributed by atoms with van der Waals surface area (Å²) in [6.07, 6.45) is 1.59. The SMILES string of the molecule is CCOc1ccc(/C=C(\NC(=O)c2ccccc2)C(=O)Nc2ccc(SC(C(=O)Nc3ccc(F)c(Cl)c3)c3ccccc3)cc2)cc1. The molecule has 48 heavy (non-hydrogen) atoms. The Morgan fingerprint density at radius 1 is 0.812 bits per heavy atom. The average molecular weight is 680 g/mol. The van der Waals surface area contributed by atoms with Crippen LogP contribution in [-0.2, 0) is 9.59 Å². The van der Waals surface area contributed by atoms with E-state index in [1.54, 1.807) is 84.9 Å². The summed E-state index contributed by atoms with van der Waals surface area (Å²) in [7, 11) is 0. The molecule has 0 aliphatic rings. The van der Waals surface area contributed by atoms with E-state index in [0.29, 0.717) is 34.9 Å². The van der Waals surface area contributed by atoms with E-state index in [1.165, 1.54) is 30.0 Å². The Bertz CT molecular complexity index is 1910. The molecular weight excluding hydrogens is 649 g/mol. The first-order chi connectivity index (χ1) is 23.3. The molecule has 7 nitrogen and oxygen atoms in total. The number of anilines is 2. The van der Waals surface area contributed by atoms with E-state index in [9.17, 15) is 18.8 Å². The second kappa shape index (κ2) is 16.4. The molecular formula is C38H31ClFN3O4S. The minimum atomic E-state index is -0.646. The largest absolute Gasteiger partial charge is 0.494 e. The van der Waals surface area contributed by atoms with Crippen LogP contribution < -0.4 is 20.7 Å². The maximum absolute atomic E-state index is 13.7. The number of rotatable bonds is 12. The third-order valence-electron chi connectivity index (χ3n) is 6.92. The summed E-state index contributed by atoms with van der Waals surface area (Å²) in [6.45, 7) is 2.42. The average Bonchev–Trinajstić information content (AvgIpc) is 3.10. The Balaban J connectivity index is 1.32. The van der Waals surface area contributed by atoms with E-state index in [2.05, 4.69) is 16.0 Å². The number of hydrogen-bond donors (Lipinski definition) is 3. The Morgan fingerprint density at radius 2 is 1.46 bits per heavy atom. The molecule has 0 spiro atoms. The van der Waals surface area contributed by atoms with E-state index >= 15 is 0 Å². The number of carbonyl (C=O) groups is 3. The summed E-state index contributed by atoms with van der Waals surface area (Å²) in [5, 5.41) is 7.67. The van der Waals surface area contributed by atoms with Gasteiger partial charge in [0, 0.05) is 21.8 Å². The molecule has 10 heteroatoms. The Hall–Kier alpha value is -5.38. The summed E-state index contributed by atoms with van der Waals surface area (Å²) >= 11 is 7.23. The second-order valence-corrected chi connectivity index (χ2v) is 12.0. The van der Waals surface area contributed by atoms with Crippen LogP contribution in [0.2, 0.25) is 5.02 Å². The van der Waals surface area contributed by atoms with Crippen LogP contribution >= 0.6 is 23.4 Å². The lowest BCUT2D eigenvalue weighted by Crippen LogP contribution is -2.30. The Labute approximate surface area is 287 Å². The van der Waals surface area contributed by atoms with Crippen LogP contribution in [0.4, 0.5) is 15.8 Å². The van der Waals surface area contributed by atoms with Crippen LogP contribution in [-0.4, -0.2) is 24.3 Å². The Morgan fingerprint density at radius 3 is 2.10 bits per heavy atom. The molecule has 0 heterocycles. The maximum Gasteiger partial charge on any atom is 0.272 e. The fraction of sp³-hybridized carbons (Fsp3) is 0.0789. The number of halogens is 2. The molecule has 0 aliphatic carbocycles. The minimum absolute atomic E-state index is 0.0492. The molecule has 5 aromatic rings. The quantitative estimate of drug-likeness (QED) is 0.0905. The first-order valence-electron chi connectivity index (χ1n) is 15.0. The van der Waals surface area contributed by atoms with Gasteiger partial charge in [-0.2, -0.15) is 0 Å². The third kappa shape index (κ3) is 9.34. The van der Waals surface area contributed by atoms with Crippen molar-refractivity contribution in [2.45, 2.75) is 17.1 Å². The number of nitrogens with one attached hydrogen (secondary N) is 3. The lowest BCUT2D eigenvalue weighted by atomic mass is 10.1. The molecule has 242 valence electrons. The molecule has 5 aromatic carbocycles. The normalized spacial score (nSPS) is 11.7. The van der Waals surface area contributed by atoms with Crippen molar-refractivity contribution in [1.82, 2.24) is 5.32 Å². The molecule has 0 bridgehead atoms. The fourth-order valence-electron chi connectivity index (χ4n) is 4.57. The van der Waals surface area contributed by atoms with E-state index in [0.717, 1.165) is 10.5 Å². The topological polar surface area (TPSA) is 96.5 Å². The smallest absolute Gasteiger partial charge is 0.272 e. The van der Waals surface area contributed by atoms with Crippen molar-refractivity contribution in [2.24, 2.45) is 0 Å². The van der Waals surface area contributed by atoms with E-state index in [1.807, 2.05) is 37.3 Å². The van der Waals surface area contributed by atoms with Gasteiger partial charge in [-0.15, -0.1) is 11.8 Å². The summed E-state index contributed by atoms with van der Waals surface area (Å²) in [5.74, 6) is -1.15. The van der Waals surface area contributed by atoms with Gasteiger partial charge in [0.1, 0.15) is 22.5 Å². The van der Waals surface area contributed by atoms with Gasteiger partial charge in [-0.1, -0.05) is 72.3 Å². The first kappa shape index (κ1) is 34.0. The number of benzene rings is 5. The van der Waals surface area contributed by atoms with Gasteiger partial charge < -0.3 is 20.7 Å². The van der Waals surface area contributed by atoms with Crippen molar-refractivity contribution in [3.63, 3.8) is 0 Å². The van der Waals surface area contributed by atoms with Crippen molar-refractivity contribution in [2.75, 3.05) is 17.2 Å². The van der Waals surface area contributed by atoms with Gasteiger partial charge in [0.2, 0.25) is 5.91 Å². The highest BCUT2D eigenvalue weighted by Gasteiger charge is 2.23. The minimum Gasteiger partial charge on any atom is -0.494 e. The highest BCUT2D eigenvalue weighted by molar-refractivity contribution is 8.00. The monoisotopic (exact) mass is 679 g/mol. The van der Waals surface area contributed by atoms with Gasteiger partial charge in [-0.05, 0) is 90.9 Å². The van der Waals surface area contributed by atoms with E-state index in [-0.39, 0.29) is 16.6 Å². The number of thioether (sulfide) groups is 1. The van der Waals surface area contributed by atoms with Crippen molar-refractivity contribution in [3.05, 3.63) is 161 Å². The third-order valence-corrected chi connectivity index (χ3v) is 8.48. The number of carbonyl (C=O) groups excluding carboxylic acids is 3. The number of hydrogen-bond acceptors (Lipinski definition) is 5. The van der Waals surface area contributed by atoms with Gasteiger partial charge in [0.15, 0.2) is 0 Å². The van der Waals surface area contributed by atoms with Gasteiger partial charge in [-0.3, -0.25) is 14.4 Å². The molecule has 0 radical (unpaired) electrons. The highest BCUT2D eigenvalue weighted by Crippen LogP contribution is 2.37. The van der Waals surface area contributed by atoms with Gasteiger partial charge in [0.05, 0.1) is 11.6 Å². The highest BCUT2D eigenvalue weighted by atomic mass is 35.5. The van der Waals surface area contributed by atoms with Gasteiger partial charge in [0.25, 0.3) is 11.8 Å². The van der Waals surface area contributed by atoms with Crippen LogP contribution in [0.5, 0.6) is 5.75 Å². The maximum atomic E-state index is 13.7. The van der Waals surface area contributed by atoms with Gasteiger partial charge in [-0.25, -0.2) is 4.39 Å². The van der Waals surface area contributed by atoms with Crippen molar-refractivity contribution in [1.29, 1.82) is 0 Å². The molecule has 3 N–H and O–H groups in total. The lowest BCUT2D eigenvalue weighted by molar-refractivity contribution is -0.116. The van der Waals surface area contributed by atoms with Crippen molar-refractivity contribution < 1.29 is 23.5 Å². The van der Waals surface area contributed by atoms with Crippen molar-refractivity contribution >= 4 is 58.5 Å². The summed E-state index contributed by atoms with van der Waals surface area (Å²) in [4.78, 5) is 40.7. The van der Waals surface area contributed by atoms with Crippen LogP contribution in [0.1, 0.15) is 33.7 Å². The molecule has 0 aromatic heterocycles. The number of ether oxygens (including phenoxy) is 1. The zero-order valence-corrected chi connectivity index (χ0v) is 27.4. The van der Waals surface area contributed by atoms with Crippen LogP contribution in [0.25, 0.3) is 6.08 Å². The van der Waals surface area contributed by atoms with E-state index < -0.39 is 22.9 Å². The molecule has 0 aliphatic heterocycles. The van der Waals surface area contributed by atoms with Crippen molar-refractivity contribution in [3.8, 4) is 5.75 Å². The van der Waals surface area contributed by atoms with Crippen LogP contribution in [0.3, 0.4) is 0 Å². The zero-order valence-electron chi connectivity index (χ0n) is 25.8. The summed E-state index contributed by atoms with van der Waals surface area (Å²) < 4.78 is 19.2. The molecule has 0 fully saturated rings. The standard InChI is InChI=1S/C38H31ClFN3O4S/c1-2-47-30-18-13-25(14-19-30)23-34(43-36(44)27-11-7-4-8-12-27)37(45)41-28-15-20-31(21-16-28)48-35(26-9-5-3-6-10-26)38(46)42-29-17-22-33(40)32(39)24-29/h3-24,35H,2H2,1H3,(H,41,45)(H,42,46)(H,43,44)/b34-23-.